The van der Waals surface area contributed by atoms with Crippen LogP contribution in [-0.4, -0.2) is 37.0 Å². The standard InChI is InChI=1S/C15H19N3O2/c1-11(19)18-7-5-13(6-8-18)17-14-4-3-12(10-16)9-15(14)20-2/h3-4,9,13,17H,5-8H2,1-2H3. The molecule has 1 aromatic carbocycles. The molecule has 1 fully saturated rings. The summed E-state index contributed by atoms with van der Waals surface area (Å²) in [7, 11) is 1.60. The maximum absolute atomic E-state index is 11.3. The number of methoxy groups -OCH3 is 1. The number of hydrogen-bond donors (Lipinski definition) is 1. The number of rotatable bonds is 3. The third-order valence-electron chi connectivity index (χ3n) is 3.63. The maximum atomic E-state index is 11.3. The van der Waals surface area contributed by atoms with Crippen LogP contribution in [0.4, 0.5) is 5.69 Å². The molecule has 0 aromatic heterocycles. The molecule has 1 saturated heterocycles. The molecule has 0 radical (unpaired) electrons. The normalized spacial score (nSPS) is 15.6. The Balaban J connectivity index is 2.01. The molecule has 1 N–H and O–H groups in total. The Labute approximate surface area is 119 Å². The minimum absolute atomic E-state index is 0.138. The molecule has 0 saturated carbocycles. The number of amides is 1. The zero-order valence-corrected chi connectivity index (χ0v) is 11.8. The molecule has 1 heterocycles. The lowest BCUT2D eigenvalue weighted by atomic mass is 10.0. The van der Waals surface area contributed by atoms with Gasteiger partial charge in [0.15, 0.2) is 0 Å². The van der Waals surface area contributed by atoms with Crippen LogP contribution in [0.2, 0.25) is 0 Å². The number of ether oxygens (including phenoxy) is 1. The molecule has 5 nitrogen and oxygen atoms in total. The Morgan fingerprint density at radius 1 is 1.45 bits per heavy atom. The van der Waals surface area contributed by atoms with Gasteiger partial charge in [0.25, 0.3) is 0 Å². The van der Waals surface area contributed by atoms with E-state index in [1.165, 1.54) is 0 Å². The van der Waals surface area contributed by atoms with Gasteiger partial charge in [-0.25, -0.2) is 0 Å². The van der Waals surface area contributed by atoms with Gasteiger partial charge in [-0.2, -0.15) is 5.26 Å². The first-order chi connectivity index (χ1) is 9.63. The summed E-state index contributed by atoms with van der Waals surface area (Å²) in [5.74, 6) is 0.817. The summed E-state index contributed by atoms with van der Waals surface area (Å²) in [6.45, 7) is 3.18. The quantitative estimate of drug-likeness (QED) is 0.914. The summed E-state index contributed by atoms with van der Waals surface area (Å²) >= 11 is 0. The number of hydrogen-bond acceptors (Lipinski definition) is 4. The SMILES string of the molecule is COc1cc(C#N)ccc1NC1CCN(C(C)=O)CC1. The maximum Gasteiger partial charge on any atom is 0.219 e. The number of nitrogens with zero attached hydrogens (tertiary/aromatic N) is 2. The molecule has 5 heteroatoms. The molecule has 0 unspecified atom stereocenters. The molecular weight excluding hydrogens is 254 g/mol. The van der Waals surface area contributed by atoms with E-state index in [-0.39, 0.29) is 5.91 Å². The zero-order valence-electron chi connectivity index (χ0n) is 11.8. The van der Waals surface area contributed by atoms with Crippen LogP contribution in [0.1, 0.15) is 25.3 Å². The lowest BCUT2D eigenvalue weighted by molar-refractivity contribution is -0.129. The molecule has 2 rings (SSSR count). The van der Waals surface area contributed by atoms with Crippen molar-refractivity contribution in [3.05, 3.63) is 23.8 Å². The minimum Gasteiger partial charge on any atom is -0.495 e. The fourth-order valence-electron chi connectivity index (χ4n) is 2.44. The number of anilines is 1. The van der Waals surface area contributed by atoms with Crippen molar-refractivity contribution in [2.24, 2.45) is 0 Å². The largest absolute Gasteiger partial charge is 0.495 e. The Morgan fingerprint density at radius 2 is 2.15 bits per heavy atom. The van der Waals surface area contributed by atoms with Crippen LogP contribution in [0.15, 0.2) is 18.2 Å². The second-order valence-corrected chi connectivity index (χ2v) is 4.95. The Hall–Kier alpha value is -2.22. The highest BCUT2D eigenvalue weighted by Crippen LogP contribution is 2.27. The van der Waals surface area contributed by atoms with Crippen LogP contribution in [0.5, 0.6) is 5.75 Å². The van der Waals surface area contributed by atoms with Gasteiger partial charge in [0.05, 0.1) is 24.4 Å². The van der Waals surface area contributed by atoms with E-state index < -0.39 is 0 Å². The number of carbonyl (C=O) groups excluding carboxylic acids is 1. The van der Waals surface area contributed by atoms with Gasteiger partial charge in [-0.15, -0.1) is 0 Å². The number of benzene rings is 1. The van der Waals surface area contributed by atoms with Gasteiger partial charge in [-0.05, 0) is 25.0 Å². The smallest absolute Gasteiger partial charge is 0.219 e. The fraction of sp³-hybridized carbons (Fsp3) is 0.467. The summed E-state index contributed by atoms with van der Waals surface area (Å²) in [4.78, 5) is 13.2. The highest BCUT2D eigenvalue weighted by Gasteiger charge is 2.21. The van der Waals surface area contributed by atoms with Gasteiger partial charge in [0, 0.05) is 32.1 Å². The topological polar surface area (TPSA) is 65.4 Å². The van der Waals surface area contributed by atoms with E-state index >= 15 is 0 Å². The van der Waals surface area contributed by atoms with Crippen LogP contribution in [0.3, 0.4) is 0 Å². The third-order valence-corrected chi connectivity index (χ3v) is 3.63. The summed E-state index contributed by atoms with van der Waals surface area (Å²) in [6, 6.07) is 7.80. The zero-order chi connectivity index (χ0) is 14.5. The predicted molar refractivity (Wildman–Crippen MR) is 76.6 cm³/mol. The lowest BCUT2D eigenvalue weighted by Gasteiger charge is -2.32. The van der Waals surface area contributed by atoms with E-state index in [1.54, 1.807) is 26.2 Å². The number of nitriles is 1. The van der Waals surface area contributed by atoms with Crippen molar-refractivity contribution in [1.29, 1.82) is 5.26 Å². The Kier molecular flexibility index (Phi) is 4.46. The lowest BCUT2D eigenvalue weighted by Crippen LogP contribution is -2.41. The average Bonchev–Trinajstić information content (AvgIpc) is 2.48. The molecule has 0 aliphatic carbocycles. The first kappa shape index (κ1) is 14.2. The molecule has 0 spiro atoms. The molecule has 1 amide bonds. The molecule has 0 atom stereocenters. The third kappa shape index (κ3) is 3.21. The van der Waals surface area contributed by atoms with Gasteiger partial charge in [-0.3, -0.25) is 4.79 Å². The van der Waals surface area contributed by atoms with Crippen LogP contribution in [-0.2, 0) is 4.79 Å². The molecule has 106 valence electrons. The van der Waals surface area contributed by atoms with Crippen molar-refractivity contribution in [2.75, 3.05) is 25.5 Å². The monoisotopic (exact) mass is 273 g/mol. The minimum atomic E-state index is 0.138. The first-order valence-corrected chi connectivity index (χ1v) is 6.74. The van der Waals surface area contributed by atoms with Crippen LogP contribution in [0.25, 0.3) is 0 Å². The number of nitrogens with one attached hydrogen (secondary N) is 1. The van der Waals surface area contributed by atoms with Crippen molar-refractivity contribution < 1.29 is 9.53 Å². The van der Waals surface area contributed by atoms with E-state index in [4.69, 9.17) is 10.00 Å². The molecule has 20 heavy (non-hydrogen) atoms. The van der Waals surface area contributed by atoms with E-state index in [0.717, 1.165) is 31.6 Å². The molecule has 1 aromatic rings. The van der Waals surface area contributed by atoms with Crippen molar-refractivity contribution in [2.45, 2.75) is 25.8 Å². The number of piperidine rings is 1. The summed E-state index contributed by atoms with van der Waals surface area (Å²) in [6.07, 6.45) is 1.84. The Bertz CT molecular complexity index is 528. The molecule has 0 bridgehead atoms. The van der Waals surface area contributed by atoms with Gasteiger partial charge in [0.1, 0.15) is 5.75 Å². The van der Waals surface area contributed by atoms with Crippen LogP contribution < -0.4 is 10.1 Å². The van der Waals surface area contributed by atoms with E-state index in [1.807, 2.05) is 11.0 Å². The van der Waals surface area contributed by atoms with E-state index in [0.29, 0.717) is 17.4 Å². The van der Waals surface area contributed by atoms with Gasteiger partial charge in [0.2, 0.25) is 5.91 Å². The van der Waals surface area contributed by atoms with Crippen molar-refractivity contribution in [1.82, 2.24) is 4.90 Å². The number of likely N-dealkylation sites (tertiary alicyclic amines) is 1. The summed E-state index contributed by atoms with van der Waals surface area (Å²) in [5.41, 5.74) is 1.48. The first-order valence-electron chi connectivity index (χ1n) is 6.74. The van der Waals surface area contributed by atoms with Gasteiger partial charge >= 0.3 is 0 Å². The second kappa shape index (κ2) is 6.29. The van der Waals surface area contributed by atoms with Crippen molar-refractivity contribution >= 4 is 11.6 Å². The predicted octanol–water partition coefficient (Wildman–Crippen LogP) is 1.99. The van der Waals surface area contributed by atoms with Crippen molar-refractivity contribution in [3.8, 4) is 11.8 Å². The molecule has 1 aliphatic heterocycles. The molecule has 1 aliphatic rings. The molecular formula is C15H19N3O2. The van der Waals surface area contributed by atoms with Gasteiger partial charge in [-0.1, -0.05) is 0 Å². The van der Waals surface area contributed by atoms with Crippen molar-refractivity contribution in [3.63, 3.8) is 0 Å². The van der Waals surface area contributed by atoms with E-state index in [2.05, 4.69) is 11.4 Å². The van der Waals surface area contributed by atoms with Crippen LogP contribution in [0, 0.1) is 11.3 Å². The summed E-state index contributed by atoms with van der Waals surface area (Å²) in [5, 5.41) is 12.3. The average molecular weight is 273 g/mol. The fourth-order valence-corrected chi connectivity index (χ4v) is 2.44. The highest BCUT2D eigenvalue weighted by atomic mass is 16.5. The number of carbonyl (C=O) groups is 1. The summed E-state index contributed by atoms with van der Waals surface area (Å²) < 4.78 is 5.31. The van der Waals surface area contributed by atoms with Crippen LogP contribution >= 0.6 is 0 Å². The second-order valence-electron chi connectivity index (χ2n) is 4.95. The highest BCUT2D eigenvalue weighted by molar-refractivity contribution is 5.73. The Morgan fingerprint density at radius 3 is 2.70 bits per heavy atom. The van der Waals surface area contributed by atoms with E-state index in [9.17, 15) is 4.79 Å². The van der Waals surface area contributed by atoms with Gasteiger partial charge < -0.3 is 15.0 Å².